The molecular weight excluding hydrogens is 493 g/mol. The number of benzene rings is 2. The average molecular weight is 530 g/mol. The van der Waals surface area contributed by atoms with Gasteiger partial charge < -0.3 is 20.3 Å². The van der Waals surface area contributed by atoms with Crippen molar-refractivity contribution in [3.63, 3.8) is 0 Å². The van der Waals surface area contributed by atoms with Gasteiger partial charge in [0.05, 0.1) is 11.4 Å². The normalized spacial score (nSPS) is 18.3. The SMILES string of the molecule is CC(C)N1CCC(N2CCC(n3nc(-c4ccc(Oc5ccccc5)cc4F)c4c(N)ncnc43)CC2)CC1. The number of likely N-dealkylation sites (tertiary alicyclic amines) is 2. The van der Waals surface area contributed by atoms with E-state index >= 15 is 4.39 Å². The molecule has 2 fully saturated rings. The molecule has 0 saturated carbocycles. The van der Waals surface area contributed by atoms with Gasteiger partial charge in [-0.3, -0.25) is 0 Å². The number of rotatable bonds is 6. The zero-order valence-corrected chi connectivity index (χ0v) is 22.6. The van der Waals surface area contributed by atoms with E-state index in [-0.39, 0.29) is 6.04 Å². The monoisotopic (exact) mass is 529 g/mol. The van der Waals surface area contributed by atoms with E-state index < -0.39 is 5.82 Å². The number of piperidine rings is 2. The second-order valence-electron chi connectivity index (χ2n) is 10.9. The molecule has 0 spiro atoms. The number of hydrogen-bond acceptors (Lipinski definition) is 7. The molecule has 9 heteroatoms. The fraction of sp³-hybridized carbons (Fsp3) is 0.433. The second-order valence-corrected chi connectivity index (χ2v) is 10.9. The van der Waals surface area contributed by atoms with Crippen LogP contribution in [0.25, 0.3) is 22.3 Å². The van der Waals surface area contributed by atoms with Crippen molar-refractivity contribution in [2.24, 2.45) is 0 Å². The third-order valence-electron chi connectivity index (χ3n) is 8.28. The summed E-state index contributed by atoms with van der Waals surface area (Å²) in [4.78, 5) is 14.0. The summed E-state index contributed by atoms with van der Waals surface area (Å²) in [6.45, 7) is 8.95. The highest BCUT2D eigenvalue weighted by Gasteiger charge is 2.31. The van der Waals surface area contributed by atoms with Gasteiger partial charge in [0.15, 0.2) is 5.65 Å². The van der Waals surface area contributed by atoms with Crippen LogP contribution in [-0.4, -0.2) is 67.8 Å². The number of nitrogens with zero attached hydrogens (tertiary/aromatic N) is 6. The molecule has 2 saturated heterocycles. The van der Waals surface area contributed by atoms with Crippen molar-refractivity contribution in [3.8, 4) is 22.8 Å². The predicted molar refractivity (Wildman–Crippen MR) is 151 cm³/mol. The van der Waals surface area contributed by atoms with E-state index in [0.29, 0.717) is 51.7 Å². The smallest absolute Gasteiger partial charge is 0.164 e. The molecule has 4 heterocycles. The number of fused-ring (bicyclic) bond motifs is 1. The Morgan fingerprint density at radius 2 is 1.62 bits per heavy atom. The van der Waals surface area contributed by atoms with E-state index in [1.807, 2.05) is 35.0 Å². The van der Waals surface area contributed by atoms with Crippen molar-refractivity contribution < 1.29 is 9.13 Å². The van der Waals surface area contributed by atoms with Gasteiger partial charge in [-0.1, -0.05) is 18.2 Å². The molecule has 8 nitrogen and oxygen atoms in total. The van der Waals surface area contributed by atoms with Gasteiger partial charge in [0.2, 0.25) is 0 Å². The summed E-state index contributed by atoms with van der Waals surface area (Å²) in [7, 11) is 0. The van der Waals surface area contributed by atoms with Gasteiger partial charge in [-0.15, -0.1) is 0 Å². The van der Waals surface area contributed by atoms with Crippen LogP contribution in [0.5, 0.6) is 11.5 Å². The summed E-state index contributed by atoms with van der Waals surface area (Å²) in [5.74, 6) is 0.941. The van der Waals surface area contributed by atoms with E-state index in [0.717, 1.165) is 25.9 Å². The standard InChI is InChI=1S/C30H36FN7O/c1-20(2)36-14-10-21(11-15-36)37-16-12-22(13-17-37)38-30-27(29(32)33-19-34-30)28(35-38)25-9-8-24(18-26(25)31)39-23-6-4-3-5-7-23/h3-9,18-22H,10-17H2,1-2H3,(H2,32,33,34). The first-order chi connectivity index (χ1) is 19.0. The number of nitrogen functional groups attached to an aromatic ring is 1. The van der Waals surface area contributed by atoms with E-state index in [2.05, 4.69) is 33.6 Å². The fourth-order valence-corrected chi connectivity index (χ4v) is 6.08. The maximum Gasteiger partial charge on any atom is 0.164 e. The minimum atomic E-state index is -0.430. The molecule has 2 aliphatic heterocycles. The molecule has 2 aliphatic rings. The van der Waals surface area contributed by atoms with Crippen molar-refractivity contribution in [2.45, 2.75) is 57.7 Å². The first-order valence-electron chi connectivity index (χ1n) is 14.0. The summed E-state index contributed by atoms with van der Waals surface area (Å²) in [6.07, 6.45) is 5.85. The highest BCUT2D eigenvalue weighted by molar-refractivity contribution is 5.98. The Labute approximate surface area is 228 Å². The van der Waals surface area contributed by atoms with Crippen LogP contribution in [0.1, 0.15) is 45.6 Å². The predicted octanol–water partition coefficient (Wildman–Crippen LogP) is 5.52. The molecule has 2 N–H and O–H groups in total. The van der Waals surface area contributed by atoms with Crippen LogP contribution in [-0.2, 0) is 0 Å². The second kappa shape index (κ2) is 10.9. The number of hydrogen-bond donors (Lipinski definition) is 1. The van der Waals surface area contributed by atoms with E-state index in [1.165, 1.54) is 38.3 Å². The van der Waals surface area contributed by atoms with Gasteiger partial charge in [-0.05, 0) is 76.9 Å². The lowest BCUT2D eigenvalue weighted by atomic mass is 9.97. The van der Waals surface area contributed by atoms with Crippen LogP contribution in [0.2, 0.25) is 0 Å². The van der Waals surface area contributed by atoms with Crippen molar-refractivity contribution in [3.05, 3.63) is 60.7 Å². The van der Waals surface area contributed by atoms with Crippen molar-refractivity contribution >= 4 is 16.9 Å². The highest BCUT2D eigenvalue weighted by Crippen LogP contribution is 2.37. The molecule has 0 atom stereocenters. The Kier molecular flexibility index (Phi) is 7.18. The molecule has 0 aliphatic carbocycles. The molecule has 4 aromatic rings. The topological polar surface area (TPSA) is 85.3 Å². The van der Waals surface area contributed by atoms with Crippen LogP contribution in [0.3, 0.4) is 0 Å². The number of para-hydroxylation sites is 1. The summed E-state index contributed by atoms with van der Waals surface area (Å²) >= 11 is 0. The van der Waals surface area contributed by atoms with Gasteiger partial charge in [-0.25, -0.2) is 19.0 Å². The molecule has 2 aromatic carbocycles. The molecular formula is C30H36FN7O. The lowest BCUT2D eigenvalue weighted by molar-refractivity contribution is 0.0677. The van der Waals surface area contributed by atoms with Gasteiger partial charge in [0.1, 0.15) is 35.2 Å². The molecule has 6 rings (SSSR count). The number of nitrogens with two attached hydrogens (primary N) is 1. The molecule has 0 unspecified atom stereocenters. The Morgan fingerprint density at radius 1 is 0.897 bits per heavy atom. The first kappa shape index (κ1) is 25.7. The first-order valence-corrected chi connectivity index (χ1v) is 14.0. The molecule has 0 radical (unpaired) electrons. The van der Waals surface area contributed by atoms with Gasteiger partial charge in [-0.2, -0.15) is 5.10 Å². The number of aromatic nitrogens is 4. The summed E-state index contributed by atoms with van der Waals surface area (Å²) in [6, 6.07) is 15.6. The Hall–Kier alpha value is -3.56. The molecule has 2 aromatic heterocycles. The largest absolute Gasteiger partial charge is 0.457 e. The van der Waals surface area contributed by atoms with Crippen molar-refractivity contribution in [1.82, 2.24) is 29.5 Å². The molecule has 39 heavy (non-hydrogen) atoms. The van der Waals surface area contributed by atoms with E-state index in [4.69, 9.17) is 15.6 Å². The minimum absolute atomic E-state index is 0.173. The van der Waals surface area contributed by atoms with Crippen LogP contribution in [0, 0.1) is 5.82 Å². The highest BCUT2D eigenvalue weighted by atomic mass is 19.1. The van der Waals surface area contributed by atoms with Gasteiger partial charge in [0.25, 0.3) is 0 Å². The number of anilines is 1. The number of ether oxygens (including phenoxy) is 1. The molecule has 0 bridgehead atoms. The quantitative estimate of drug-likeness (QED) is 0.352. The van der Waals surface area contributed by atoms with Crippen LogP contribution >= 0.6 is 0 Å². The zero-order valence-electron chi connectivity index (χ0n) is 22.6. The van der Waals surface area contributed by atoms with Gasteiger partial charge >= 0.3 is 0 Å². The Morgan fingerprint density at radius 3 is 2.31 bits per heavy atom. The fourth-order valence-electron chi connectivity index (χ4n) is 6.08. The van der Waals surface area contributed by atoms with Crippen molar-refractivity contribution in [1.29, 1.82) is 0 Å². The van der Waals surface area contributed by atoms with E-state index in [1.54, 1.807) is 12.1 Å². The van der Waals surface area contributed by atoms with Crippen LogP contribution in [0.4, 0.5) is 10.2 Å². The van der Waals surface area contributed by atoms with Crippen LogP contribution in [0.15, 0.2) is 54.9 Å². The third-order valence-corrected chi connectivity index (χ3v) is 8.28. The lowest BCUT2D eigenvalue weighted by Gasteiger charge is -2.42. The van der Waals surface area contributed by atoms with E-state index in [9.17, 15) is 0 Å². The van der Waals surface area contributed by atoms with Crippen LogP contribution < -0.4 is 10.5 Å². The average Bonchev–Trinajstić information content (AvgIpc) is 3.34. The summed E-state index contributed by atoms with van der Waals surface area (Å²) < 4.78 is 23.2. The Bertz CT molecular complexity index is 1420. The summed E-state index contributed by atoms with van der Waals surface area (Å²) in [5, 5.41) is 5.51. The third kappa shape index (κ3) is 5.21. The molecule has 204 valence electrons. The lowest BCUT2D eigenvalue weighted by Crippen LogP contribution is -2.49. The zero-order chi connectivity index (χ0) is 26.9. The molecule has 0 amide bonds. The maximum atomic E-state index is 15.5. The van der Waals surface area contributed by atoms with Gasteiger partial charge in [0, 0.05) is 36.8 Å². The maximum absolute atomic E-state index is 15.5. The minimum Gasteiger partial charge on any atom is -0.457 e. The van der Waals surface area contributed by atoms with Crippen molar-refractivity contribution in [2.75, 3.05) is 31.9 Å². The number of halogens is 1. The summed E-state index contributed by atoms with van der Waals surface area (Å²) in [5.41, 5.74) is 7.79. The Balaban J connectivity index is 1.23.